The van der Waals surface area contributed by atoms with Crippen molar-refractivity contribution in [3.05, 3.63) is 59.4 Å². The zero-order chi connectivity index (χ0) is 18.5. The number of hydrogen-bond acceptors (Lipinski definition) is 4. The predicted molar refractivity (Wildman–Crippen MR) is 102 cm³/mol. The van der Waals surface area contributed by atoms with E-state index in [1.165, 1.54) is 11.6 Å². The van der Waals surface area contributed by atoms with Crippen molar-refractivity contribution in [2.24, 2.45) is 0 Å². The summed E-state index contributed by atoms with van der Waals surface area (Å²) in [5.41, 5.74) is 2.95. The lowest BCUT2D eigenvalue weighted by Gasteiger charge is -2.37. The normalized spacial score (nSPS) is 16.5. The van der Waals surface area contributed by atoms with Crippen molar-refractivity contribution in [2.45, 2.75) is 20.0 Å². The van der Waals surface area contributed by atoms with Gasteiger partial charge in [0.25, 0.3) is 0 Å². The average molecular weight is 358 g/mol. The molecule has 0 radical (unpaired) electrons. The van der Waals surface area contributed by atoms with Gasteiger partial charge in [-0.1, -0.05) is 24.3 Å². The van der Waals surface area contributed by atoms with Gasteiger partial charge in [0, 0.05) is 32.7 Å². The molecule has 140 valence electrons. The Kier molecular flexibility index (Phi) is 6.12. The summed E-state index contributed by atoms with van der Waals surface area (Å²) in [6.07, 6.45) is -0.546. The highest BCUT2D eigenvalue weighted by Crippen LogP contribution is 2.22. The van der Waals surface area contributed by atoms with Crippen molar-refractivity contribution in [1.29, 1.82) is 0 Å². The summed E-state index contributed by atoms with van der Waals surface area (Å²) in [7, 11) is 0. The Morgan fingerprint density at radius 3 is 2.50 bits per heavy atom. The number of anilines is 1. The molecular formula is C21H27FN2O2. The maximum Gasteiger partial charge on any atom is 0.146 e. The summed E-state index contributed by atoms with van der Waals surface area (Å²) >= 11 is 0. The number of β-amino-alcohol motifs (C(OH)–C–C–N with tert-alkyl or cyclic N) is 1. The molecule has 0 amide bonds. The van der Waals surface area contributed by atoms with Crippen molar-refractivity contribution in [2.75, 3.05) is 44.2 Å². The third-order valence-corrected chi connectivity index (χ3v) is 5.02. The number of benzene rings is 2. The smallest absolute Gasteiger partial charge is 0.146 e. The topological polar surface area (TPSA) is 35.9 Å². The summed E-state index contributed by atoms with van der Waals surface area (Å²) in [5, 5.41) is 10.3. The second-order valence-electron chi connectivity index (χ2n) is 6.90. The number of halogens is 1. The number of aliphatic hydroxyl groups excluding tert-OH is 1. The highest BCUT2D eigenvalue weighted by atomic mass is 19.1. The number of nitrogens with zero attached hydrogens (tertiary/aromatic N) is 2. The van der Waals surface area contributed by atoms with Crippen LogP contribution >= 0.6 is 0 Å². The molecule has 1 aliphatic rings. The van der Waals surface area contributed by atoms with E-state index in [1.54, 1.807) is 6.07 Å². The number of hydrogen-bond donors (Lipinski definition) is 1. The van der Waals surface area contributed by atoms with Gasteiger partial charge in [0.05, 0.1) is 5.69 Å². The van der Waals surface area contributed by atoms with Crippen molar-refractivity contribution < 1.29 is 14.2 Å². The van der Waals surface area contributed by atoms with E-state index >= 15 is 0 Å². The number of aryl methyl sites for hydroxylation is 1. The Labute approximate surface area is 154 Å². The number of para-hydroxylation sites is 1. The lowest BCUT2D eigenvalue weighted by atomic mass is 10.1. The Morgan fingerprint density at radius 1 is 1.04 bits per heavy atom. The molecule has 1 atom stereocenters. The molecule has 0 saturated carbocycles. The second-order valence-corrected chi connectivity index (χ2v) is 6.90. The van der Waals surface area contributed by atoms with Crippen LogP contribution in [0.25, 0.3) is 0 Å². The van der Waals surface area contributed by atoms with Crippen LogP contribution in [0.3, 0.4) is 0 Å². The van der Waals surface area contributed by atoms with Crippen LogP contribution in [0.4, 0.5) is 10.1 Å². The molecule has 2 aromatic carbocycles. The van der Waals surface area contributed by atoms with Gasteiger partial charge in [0.1, 0.15) is 24.3 Å². The summed E-state index contributed by atoms with van der Waals surface area (Å²) in [5.74, 6) is 0.649. The summed E-state index contributed by atoms with van der Waals surface area (Å²) in [6.45, 7) is 8.03. The Morgan fingerprint density at radius 2 is 1.77 bits per heavy atom. The minimum Gasteiger partial charge on any atom is -0.491 e. The molecule has 2 aromatic rings. The molecule has 5 heteroatoms. The van der Waals surface area contributed by atoms with Gasteiger partial charge in [-0.15, -0.1) is 0 Å². The first-order valence-corrected chi connectivity index (χ1v) is 9.13. The zero-order valence-electron chi connectivity index (χ0n) is 15.5. The molecule has 0 unspecified atom stereocenters. The fraction of sp³-hybridized carbons (Fsp3) is 0.429. The quantitative estimate of drug-likeness (QED) is 0.861. The SMILES string of the molecule is Cc1cccc(OC[C@@H](O)CN2CCN(c3ccccc3F)CC2)c1C. The zero-order valence-corrected chi connectivity index (χ0v) is 15.5. The molecule has 1 N–H and O–H groups in total. The van der Waals surface area contributed by atoms with Gasteiger partial charge in [-0.2, -0.15) is 0 Å². The largest absolute Gasteiger partial charge is 0.491 e. The lowest BCUT2D eigenvalue weighted by molar-refractivity contribution is 0.0660. The number of aliphatic hydroxyl groups is 1. The highest BCUT2D eigenvalue weighted by molar-refractivity contribution is 5.48. The lowest BCUT2D eigenvalue weighted by Crippen LogP contribution is -2.49. The first-order valence-electron chi connectivity index (χ1n) is 9.13. The van der Waals surface area contributed by atoms with E-state index in [9.17, 15) is 9.50 Å². The van der Waals surface area contributed by atoms with Gasteiger partial charge >= 0.3 is 0 Å². The molecule has 1 aliphatic heterocycles. The van der Waals surface area contributed by atoms with Crippen molar-refractivity contribution in [3.63, 3.8) is 0 Å². The van der Waals surface area contributed by atoms with Gasteiger partial charge in [0.2, 0.25) is 0 Å². The van der Waals surface area contributed by atoms with E-state index in [4.69, 9.17) is 4.74 Å². The van der Waals surface area contributed by atoms with Crippen LogP contribution in [0.2, 0.25) is 0 Å². The van der Waals surface area contributed by atoms with Gasteiger partial charge in [0.15, 0.2) is 0 Å². The molecule has 0 spiro atoms. The minimum atomic E-state index is -0.546. The molecule has 0 bridgehead atoms. The molecular weight excluding hydrogens is 331 g/mol. The molecule has 0 aliphatic carbocycles. The number of rotatable bonds is 6. The fourth-order valence-corrected chi connectivity index (χ4v) is 3.30. The van der Waals surface area contributed by atoms with Gasteiger partial charge in [-0.25, -0.2) is 4.39 Å². The van der Waals surface area contributed by atoms with Crippen LogP contribution in [-0.4, -0.2) is 55.4 Å². The second kappa shape index (κ2) is 8.52. The third kappa shape index (κ3) is 4.54. The highest BCUT2D eigenvalue weighted by Gasteiger charge is 2.21. The van der Waals surface area contributed by atoms with Crippen LogP contribution < -0.4 is 9.64 Å². The van der Waals surface area contributed by atoms with Crippen LogP contribution in [0.5, 0.6) is 5.75 Å². The fourth-order valence-electron chi connectivity index (χ4n) is 3.30. The van der Waals surface area contributed by atoms with Crippen LogP contribution in [-0.2, 0) is 0 Å². The molecule has 1 fully saturated rings. The van der Waals surface area contributed by atoms with Crippen LogP contribution in [0.15, 0.2) is 42.5 Å². The molecule has 1 saturated heterocycles. The van der Waals surface area contributed by atoms with Gasteiger partial charge in [-0.3, -0.25) is 4.90 Å². The maximum atomic E-state index is 13.9. The van der Waals surface area contributed by atoms with E-state index in [0.29, 0.717) is 12.2 Å². The monoisotopic (exact) mass is 358 g/mol. The van der Waals surface area contributed by atoms with Crippen molar-refractivity contribution in [3.8, 4) is 5.75 Å². The van der Waals surface area contributed by atoms with E-state index in [0.717, 1.165) is 37.5 Å². The first kappa shape index (κ1) is 18.7. The van der Waals surface area contributed by atoms with Gasteiger partial charge in [-0.05, 0) is 43.2 Å². The summed E-state index contributed by atoms with van der Waals surface area (Å²) < 4.78 is 19.7. The first-order chi connectivity index (χ1) is 12.5. The van der Waals surface area contributed by atoms with E-state index in [1.807, 2.05) is 44.2 Å². The number of piperazine rings is 1. The standard InChI is InChI=1S/C21H27FN2O2/c1-16-6-5-9-21(17(16)2)26-15-18(25)14-23-10-12-24(13-11-23)20-8-4-3-7-19(20)22/h3-9,18,25H,10-15H2,1-2H3/t18-/m0/s1. The minimum absolute atomic E-state index is 0.178. The molecule has 1 heterocycles. The van der Waals surface area contributed by atoms with Gasteiger partial charge < -0.3 is 14.7 Å². The van der Waals surface area contributed by atoms with E-state index < -0.39 is 6.10 Å². The van der Waals surface area contributed by atoms with Crippen LogP contribution in [0, 0.1) is 19.7 Å². The Balaban J connectivity index is 1.45. The predicted octanol–water partition coefficient (Wildman–Crippen LogP) is 3.00. The van der Waals surface area contributed by atoms with Crippen molar-refractivity contribution in [1.82, 2.24) is 4.90 Å². The molecule has 3 rings (SSSR count). The molecule has 0 aromatic heterocycles. The van der Waals surface area contributed by atoms with Crippen LogP contribution in [0.1, 0.15) is 11.1 Å². The maximum absolute atomic E-state index is 13.9. The summed E-state index contributed by atoms with van der Waals surface area (Å²) in [6, 6.07) is 12.8. The molecule has 26 heavy (non-hydrogen) atoms. The average Bonchev–Trinajstić information content (AvgIpc) is 2.64. The Bertz CT molecular complexity index is 730. The molecule has 4 nitrogen and oxygen atoms in total. The summed E-state index contributed by atoms with van der Waals surface area (Å²) in [4.78, 5) is 4.26. The van der Waals surface area contributed by atoms with Crippen molar-refractivity contribution >= 4 is 5.69 Å². The number of ether oxygens (including phenoxy) is 1. The third-order valence-electron chi connectivity index (χ3n) is 5.02. The van der Waals surface area contributed by atoms with E-state index in [2.05, 4.69) is 9.80 Å². The Hall–Kier alpha value is -2.11. The van der Waals surface area contributed by atoms with E-state index in [-0.39, 0.29) is 12.4 Å².